The number of hydrogen-bond acceptors (Lipinski definition) is 4. The van der Waals surface area contributed by atoms with Crippen molar-refractivity contribution in [2.45, 2.75) is 44.4 Å². The Hall–Kier alpha value is -0.770. The minimum Gasteiger partial charge on any atom is -0.496 e. The Morgan fingerprint density at radius 2 is 2.03 bits per heavy atom. The van der Waals surface area contributed by atoms with Crippen LogP contribution in [0.1, 0.15) is 44.6 Å². The molecule has 0 radical (unpaired) electrons. The van der Waals surface area contributed by atoms with E-state index < -0.39 is 0 Å². The Balaban J connectivity index is 0.00000341. The number of hydrogen-bond donors (Lipinski definition) is 2. The molecular formula is C23H37ClIN3O3. The summed E-state index contributed by atoms with van der Waals surface area (Å²) in [6, 6.07) is 5.85. The molecule has 1 saturated heterocycles. The highest BCUT2D eigenvalue weighted by atomic mass is 127. The lowest BCUT2D eigenvalue weighted by Crippen LogP contribution is -2.41. The van der Waals surface area contributed by atoms with Crippen molar-refractivity contribution in [2.24, 2.45) is 10.9 Å². The van der Waals surface area contributed by atoms with Crippen molar-refractivity contribution >= 4 is 41.5 Å². The van der Waals surface area contributed by atoms with Gasteiger partial charge in [-0.3, -0.25) is 4.99 Å². The van der Waals surface area contributed by atoms with E-state index in [-0.39, 0.29) is 29.4 Å². The summed E-state index contributed by atoms with van der Waals surface area (Å²) >= 11 is 6.34. The molecule has 0 bridgehead atoms. The molecule has 0 amide bonds. The van der Waals surface area contributed by atoms with Crippen molar-refractivity contribution in [3.8, 4) is 5.75 Å². The van der Waals surface area contributed by atoms with E-state index in [0.29, 0.717) is 19.8 Å². The van der Waals surface area contributed by atoms with Gasteiger partial charge in [0.05, 0.1) is 13.7 Å². The van der Waals surface area contributed by atoms with Gasteiger partial charge in [-0.05, 0) is 63.1 Å². The van der Waals surface area contributed by atoms with Crippen LogP contribution in [-0.2, 0) is 14.9 Å². The Morgan fingerprint density at radius 3 is 2.71 bits per heavy atom. The molecule has 176 valence electrons. The topological polar surface area (TPSA) is 64.1 Å². The van der Waals surface area contributed by atoms with Crippen LogP contribution in [0.15, 0.2) is 23.2 Å². The largest absolute Gasteiger partial charge is 0.496 e. The zero-order chi connectivity index (χ0) is 21.2. The molecule has 1 aromatic carbocycles. The number of benzene rings is 1. The second-order valence-electron chi connectivity index (χ2n) is 8.23. The second kappa shape index (κ2) is 13.7. The number of rotatable bonds is 11. The van der Waals surface area contributed by atoms with Gasteiger partial charge in [0, 0.05) is 55.5 Å². The molecule has 3 rings (SSSR count). The lowest BCUT2D eigenvalue weighted by molar-refractivity contribution is 0.0523. The highest BCUT2D eigenvalue weighted by molar-refractivity contribution is 14.0. The van der Waals surface area contributed by atoms with E-state index in [4.69, 9.17) is 30.8 Å². The van der Waals surface area contributed by atoms with Crippen LogP contribution in [0.2, 0.25) is 5.02 Å². The molecule has 31 heavy (non-hydrogen) atoms. The molecule has 8 heteroatoms. The number of methoxy groups -OCH3 is 1. The van der Waals surface area contributed by atoms with Crippen LogP contribution in [-0.4, -0.2) is 59.1 Å². The van der Waals surface area contributed by atoms with Gasteiger partial charge in [-0.25, -0.2) is 0 Å². The van der Waals surface area contributed by atoms with E-state index in [1.54, 1.807) is 7.11 Å². The highest BCUT2D eigenvalue weighted by Crippen LogP contribution is 2.41. The molecule has 1 saturated carbocycles. The van der Waals surface area contributed by atoms with E-state index in [1.807, 2.05) is 18.2 Å². The van der Waals surface area contributed by atoms with Crippen molar-refractivity contribution in [2.75, 3.05) is 53.2 Å². The van der Waals surface area contributed by atoms with Crippen molar-refractivity contribution in [1.29, 1.82) is 0 Å². The minimum absolute atomic E-state index is 0. The maximum Gasteiger partial charge on any atom is 0.191 e. The molecule has 0 aromatic heterocycles. The van der Waals surface area contributed by atoms with Gasteiger partial charge in [0.15, 0.2) is 5.96 Å². The molecule has 6 nitrogen and oxygen atoms in total. The molecule has 2 N–H and O–H groups in total. The SMILES string of the molecule is CCNC(=NCC1(c2cc(Cl)ccc2OC)CCOCC1)NCCCOCC1CC1.I. The predicted octanol–water partition coefficient (Wildman–Crippen LogP) is 4.39. The van der Waals surface area contributed by atoms with E-state index in [9.17, 15) is 0 Å². The third-order valence-corrected chi connectivity index (χ3v) is 6.11. The second-order valence-corrected chi connectivity index (χ2v) is 8.67. The summed E-state index contributed by atoms with van der Waals surface area (Å²) in [6.45, 7) is 7.54. The molecular weight excluding hydrogens is 529 g/mol. The fourth-order valence-corrected chi connectivity index (χ4v) is 4.03. The lowest BCUT2D eigenvalue weighted by Gasteiger charge is -2.37. The number of guanidine groups is 1. The van der Waals surface area contributed by atoms with E-state index in [1.165, 1.54) is 12.8 Å². The standard InChI is InChI=1S/C23H36ClN3O3.HI/c1-3-25-22(26-11-4-12-30-16-18-5-6-18)27-17-23(9-13-29-14-10-23)20-15-19(24)7-8-21(20)28-2;/h7-8,15,18H,3-6,9-14,16-17H2,1-2H3,(H2,25,26,27);1H. The third-order valence-electron chi connectivity index (χ3n) is 5.88. The van der Waals surface area contributed by atoms with Crippen molar-refractivity contribution in [3.63, 3.8) is 0 Å². The van der Waals surface area contributed by atoms with Gasteiger partial charge < -0.3 is 24.8 Å². The summed E-state index contributed by atoms with van der Waals surface area (Å²) in [5.74, 6) is 2.52. The molecule has 0 unspecified atom stereocenters. The predicted molar refractivity (Wildman–Crippen MR) is 137 cm³/mol. The third kappa shape index (κ3) is 8.26. The van der Waals surface area contributed by atoms with Gasteiger partial charge in [0.1, 0.15) is 5.75 Å². The summed E-state index contributed by atoms with van der Waals surface area (Å²) in [6.07, 6.45) is 5.42. The molecule has 2 aliphatic rings. The average Bonchev–Trinajstić information content (AvgIpc) is 3.59. The zero-order valence-electron chi connectivity index (χ0n) is 18.8. The zero-order valence-corrected chi connectivity index (χ0v) is 21.8. The summed E-state index contributed by atoms with van der Waals surface area (Å²) in [4.78, 5) is 4.95. The quantitative estimate of drug-likeness (QED) is 0.180. The summed E-state index contributed by atoms with van der Waals surface area (Å²) < 4.78 is 17.0. The first-order valence-electron chi connectivity index (χ1n) is 11.2. The molecule has 1 heterocycles. The number of aliphatic imine (C=N–C) groups is 1. The van der Waals surface area contributed by atoms with Crippen LogP contribution in [0, 0.1) is 5.92 Å². The van der Waals surface area contributed by atoms with Crippen LogP contribution in [0.4, 0.5) is 0 Å². The van der Waals surface area contributed by atoms with Gasteiger partial charge in [-0.2, -0.15) is 0 Å². The van der Waals surface area contributed by atoms with Crippen LogP contribution >= 0.6 is 35.6 Å². The summed E-state index contributed by atoms with van der Waals surface area (Å²) in [5, 5.41) is 7.52. The van der Waals surface area contributed by atoms with Gasteiger partial charge in [-0.1, -0.05) is 11.6 Å². The first kappa shape index (κ1) is 26.5. The van der Waals surface area contributed by atoms with Crippen LogP contribution in [0.3, 0.4) is 0 Å². The summed E-state index contributed by atoms with van der Waals surface area (Å²) in [5.41, 5.74) is 0.971. The lowest BCUT2D eigenvalue weighted by atomic mass is 9.73. The number of ether oxygens (including phenoxy) is 3. The van der Waals surface area contributed by atoms with Crippen molar-refractivity contribution < 1.29 is 14.2 Å². The monoisotopic (exact) mass is 565 g/mol. The molecule has 2 fully saturated rings. The van der Waals surface area contributed by atoms with E-state index in [2.05, 4.69) is 17.6 Å². The molecule has 1 aromatic rings. The molecule has 0 spiro atoms. The van der Waals surface area contributed by atoms with Crippen molar-refractivity contribution in [1.82, 2.24) is 10.6 Å². The van der Waals surface area contributed by atoms with Crippen LogP contribution in [0.5, 0.6) is 5.75 Å². The average molecular weight is 566 g/mol. The number of nitrogens with one attached hydrogen (secondary N) is 2. The highest BCUT2D eigenvalue weighted by Gasteiger charge is 2.37. The summed E-state index contributed by atoms with van der Waals surface area (Å²) in [7, 11) is 1.71. The molecule has 0 atom stereocenters. The van der Waals surface area contributed by atoms with Gasteiger partial charge in [-0.15, -0.1) is 24.0 Å². The maximum absolute atomic E-state index is 6.34. The Labute approximate surface area is 208 Å². The van der Waals surface area contributed by atoms with Gasteiger partial charge >= 0.3 is 0 Å². The molecule has 1 aliphatic carbocycles. The first-order valence-corrected chi connectivity index (χ1v) is 11.6. The fraction of sp³-hybridized carbons (Fsp3) is 0.696. The Morgan fingerprint density at radius 1 is 1.26 bits per heavy atom. The van der Waals surface area contributed by atoms with Crippen molar-refractivity contribution in [3.05, 3.63) is 28.8 Å². The minimum atomic E-state index is -0.149. The van der Waals surface area contributed by atoms with Gasteiger partial charge in [0.25, 0.3) is 0 Å². The van der Waals surface area contributed by atoms with Crippen LogP contribution < -0.4 is 15.4 Å². The van der Waals surface area contributed by atoms with E-state index in [0.717, 1.165) is 73.8 Å². The fourth-order valence-electron chi connectivity index (χ4n) is 3.86. The smallest absolute Gasteiger partial charge is 0.191 e. The van der Waals surface area contributed by atoms with E-state index >= 15 is 0 Å². The maximum atomic E-state index is 6.34. The number of halogens is 2. The Kier molecular flexibility index (Phi) is 11.7. The van der Waals surface area contributed by atoms with Crippen LogP contribution in [0.25, 0.3) is 0 Å². The normalized spacial score (nSPS) is 18.2. The molecule has 1 aliphatic heterocycles. The number of nitrogens with zero attached hydrogens (tertiary/aromatic N) is 1. The Bertz CT molecular complexity index is 695. The first-order chi connectivity index (χ1) is 14.7. The van der Waals surface area contributed by atoms with Gasteiger partial charge in [0.2, 0.25) is 0 Å².